The molecule has 1 aromatic heterocycles. The van der Waals surface area contributed by atoms with Gasteiger partial charge >= 0.3 is 0 Å². The molecule has 0 aliphatic carbocycles. The number of hydrogen-bond acceptors (Lipinski definition) is 5. The maximum absolute atomic E-state index is 14.8. The lowest BCUT2D eigenvalue weighted by Gasteiger charge is -2.25. The van der Waals surface area contributed by atoms with Gasteiger partial charge in [0.25, 0.3) is 11.7 Å². The van der Waals surface area contributed by atoms with Crippen LogP contribution in [0.1, 0.15) is 36.6 Å². The molecule has 7 heteroatoms. The Morgan fingerprint density at radius 3 is 2.45 bits per heavy atom. The number of carbonyl (C=O) groups is 2. The Kier molecular flexibility index (Phi) is 6.22. The van der Waals surface area contributed by atoms with E-state index in [1.165, 1.54) is 23.1 Å². The number of pyridine rings is 1. The van der Waals surface area contributed by atoms with Crippen molar-refractivity contribution >= 4 is 17.4 Å². The second-order valence-corrected chi connectivity index (χ2v) is 8.00. The molecule has 2 heterocycles. The van der Waals surface area contributed by atoms with Crippen molar-refractivity contribution < 1.29 is 23.8 Å². The number of Topliss-reactive ketones (excluding diaryl/α,β-unsaturated/α-hetero) is 1. The van der Waals surface area contributed by atoms with Crippen molar-refractivity contribution in [1.82, 2.24) is 9.88 Å². The van der Waals surface area contributed by atoms with Crippen LogP contribution >= 0.6 is 0 Å². The molecular weight excluding hydrogens is 423 g/mol. The van der Waals surface area contributed by atoms with Crippen molar-refractivity contribution in [3.8, 4) is 5.75 Å². The Labute approximate surface area is 191 Å². The van der Waals surface area contributed by atoms with Crippen molar-refractivity contribution in [3.63, 3.8) is 0 Å². The van der Waals surface area contributed by atoms with Gasteiger partial charge in [-0.05, 0) is 55.8 Å². The van der Waals surface area contributed by atoms with Gasteiger partial charge in [0.15, 0.2) is 0 Å². The number of rotatable bonds is 6. The minimum atomic E-state index is -1.09. The zero-order chi connectivity index (χ0) is 23.5. The van der Waals surface area contributed by atoms with Crippen molar-refractivity contribution in [2.24, 2.45) is 0 Å². The van der Waals surface area contributed by atoms with Crippen LogP contribution < -0.4 is 4.74 Å². The minimum Gasteiger partial charge on any atom is -0.507 e. The summed E-state index contributed by atoms with van der Waals surface area (Å²) in [5, 5.41) is 11.1. The topological polar surface area (TPSA) is 79.7 Å². The molecule has 168 valence electrons. The molecule has 0 spiro atoms. The first-order valence-electron chi connectivity index (χ1n) is 10.6. The predicted molar refractivity (Wildman–Crippen MR) is 121 cm³/mol. The lowest BCUT2D eigenvalue weighted by molar-refractivity contribution is -0.140. The van der Waals surface area contributed by atoms with E-state index in [1.807, 2.05) is 13.8 Å². The number of aliphatic hydroxyl groups excluding tert-OH is 1. The quantitative estimate of drug-likeness (QED) is 0.339. The van der Waals surface area contributed by atoms with E-state index in [0.29, 0.717) is 16.9 Å². The van der Waals surface area contributed by atoms with Crippen molar-refractivity contribution in [2.45, 2.75) is 32.5 Å². The van der Waals surface area contributed by atoms with Gasteiger partial charge in [-0.3, -0.25) is 14.6 Å². The third kappa shape index (κ3) is 4.48. The van der Waals surface area contributed by atoms with Gasteiger partial charge in [0.1, 0.15) is 17.3 Å². The number of aromatic nitrogens is 1. The molecular formula is C26H23FN2O4. The Balaban J connectivity index is 1.82. The fraction of sp³-hybridized carbons (Fsp3) is 0.192. The summed E-state index contributed by atoms with van der Waals surface area (Å²) < 4.78 is 20.5. The molecule has 1 aliphatic rings. The van der Waals surface area contributed by atoms with E-state index in [1.54, 1.807) is 54.9 Å². The number of likely N-dealkylation sites (tertiary alicyclic amines) is 1. The maximum Gasteiger partial charge on any atom is 0.295 e. The summed E-state index contributed by atoms with van der Waals surface area (Å²) >= 11 is 0. The summed E-state index contributed by atoms with van der Waals surface area (Å²) in [6.07, 6.45) is 3.15. The van der Waals surface area contributed by atoms with Crippen molar-refractivity contribution in [2.75, 3.05) is 0 Å². The SMILES string of the molecule is CC(C)Oc1ccc(/C(O)=C2/C(=O)C(=O)N(Cc3cccnc3)C2c2ccccc2F)cc1. The number of carbonyl (C=O) groups excluding carboxylic acids is 2. The Morgan fingerprint density at radius 2 is 1.82 bits per heavy atom. The Bertz CT molecular complexity index is 1210. The van der Waals surface area contributed by atoms with Crippen LogP contribution in [0, 0.1) is 5.82 Å². The standard InChI is InChI=1S/C26H23FN2O4/c1-16(2)33-19-11-9-18(10-12-19)24(30)22-23(20-7-3-4-8-21(20)27)29(26(32)25(22)31)15-17-6-5-13-28-14-17/h3-14,16,23,30H,15H2,1-2H3/b24-22-. The number of ether oxygens (including phenoxy) is 1. The van der Waals surface area contributed by atoms with Crippen LogP contribution in [0.25, 0.3) is 5.76 Å². The number of aliphatic hydroxyl groups is 1. The molecule has 6 nitrogen and oxygen atoms in total. The monoisotopic (exact) mass is 446 g/mol. The first-order chi connectivity index (χ1) is 15.9. The average Bonchev–Trinajstić information content (AvgIpc) is 3.04. The van der Waals surface area contributed by atoms with Crippen molar-refractivity contribution in [1.29, 1.82) is 0 Å². The van der Waals surface area contributed by atoms with Gasteiger partial charge in [-0.25, -0.2) is 4.39 Å². The third-order valence-electron chi connectivity index (χ3n) is 5.32. The molecule has 1 aliphatic heterocycles. The van der Waals surface area contributed by atoms with Crippen LogP contribution in [-0.4, -0.2) is 32.8 Å². The molecule has 1 unspecified atom stereocenters. The van der Waals surface area contributed by atoms with Gasteiger partial charge in [0.2, 0.25) is 0 Å². The second-order valence-electron chi connectivity index (χ2n) is 8.00. The lowest BCUT2D eigenvalue weighted by Crippen LogP contribution is -2.29. The fourth-order valence-corrected chi connectivity index (χ4v) is 3.87. The molecule has 0 radical (unpaired) electrons. The third-order valence-corrected chi connectivity index (χ3v) is 5.32. The van der Waals surface area contributed by atoms with E-state index in [4.69, 9.17) is 4.74 Å². The van der Waals surface area contributed by atoms with Gasteiger partial charge < -0.3 is 14.7 Å². The van der Waals surface area contributed by atoms with Crippen LogP contribution in [0.2, 0.25) is 0 Å². The number of halogens is 1. The molecule has 1 N–H and O–H groups in total. The molecule has 3 aromatic rings. The molecule has 1 amide bonds. The van der Waals surface area contributed by atoms with Crippen LogP contribution in [0.5, 0.6) is 5.75 Å². The number of amides is 1. The highest BCUT2D eigenvalue weighted by atomic mass is 19.1. The molecule has 2 aromatic carbocycles. The number of hydrogen-bond donors (Lipinski definition) is 1. The molecule has 0 saturated carbocycles. The Hall–Kier alpha value is -4.00. The number of ketones is 1. The van der Waals surface area contributed by atoms with Gasteiger partial charge in [-0.2, -0.15) is 0 Å². The smallest absolute Gasteiger partial charge is 0.295 e. The molecule has 33 heavy (non-hydrogen) atoms. The summed E-state index contributed by atoms with van der Waals surface area (Å²) in [4.78, 5) is 31.4. The highest BCUT2D eigenvalue weighted by Gasteiger charge is 2.46. The minimum absolute atomic E-state index is 0.0247. The van der Waals surface area contributed by atoms with E-state index in [0.717, 1.165) is 0 Å². The van der Waals surface area contributed by atoms with Gasteiger partial charge in [0.05, 0.1) is 17.7 Å². The predicted octanol–water partition coefficient (Wildman–Crippen LogP) is 4.63. The van der Waals surface area contributed by atoms with Crippen LogP contribution in [0.15, 0.2) is 78.6 Å². The summed E-state index contributed by atoms with van der Waals surface area (Å²) in [7, 11) is 0. The van der Waals surface area contributed by atoms with E-state index in [9.17, 15) is 19.1 Å². The highest BCUT2D eigenvalue weighted by Crippen LogP contribution is 2.41. The van der Waals surface area contributed by atoms with E-state index in [-0.39, 0.29) is 29.5 Å². The molecule has 0 bridgehead atoms. The maximum atomic E-state index is 14.8. The molecule has 1 atom stereocenters. The summed E-state index contributed by atoms with van der Waals surface area (Å²) in [6.45, 7) is 3.83. The zero-order valence-electron chi connectivity index (χ0n) is 18.2. The van der Waals surface area contributed by atoms with Crippen LogP contribution in [0.3, 0.4) is 0 Å². The van der Waals surface area contributed by atoms with Crippen LogP contribution in [0.4, 0.5) is 4.39 Å². The van der Waals surface area contributed by atoms with Gasteiger partial charge in [-0.1, -0.05) is 24.3 Å². The largest absolute Gasteiger partial charge is 0.507 e. The first-order valence-corrected chi connectivity index (χ1v) is 10.6. The van der Waals surface area contributed by atoms with Gasteiger partial charge in [0, 0.05) is 30.1 Å². The summed E-state index contributed by atoms with van der Waals surface area (Å²) in [6, 6.07) is 14.8. The summed E-state index contributed by atoms with van der Waals surface area (Å²) in [5.41, 5.74) is 0.969. The van der Waals surface area contributed by atoms with E-state index in [2.05, 4.69) is 4.98 Å². The zero-order valence-corrected chi connectivity index (χ0v) is 18.2. The summed E-state index contributed by atoms with van der Waals surface area (Å²) in [5.74, 6) is -2.02. The Morgan fingerprint density at radius 1 is 1.09 bits per heavy atom. The number of benzene rings is 2. The first kappa shape index (κ1) is 22.2. The molecule has 1 fully saturated rings. The fourth-order valence-electron chi connectivity index (χ4n) is 3.87. The lowest BCUT2D eigenvalue weighted by atomic mass is 9.94. The van der Waals surface area contributed by atoms with Crippen LogP contribution in [-0.2, 0) is 16.1 Å². The molecule has 1 saturated heterocycles. The van der Waals surface area contributed by atoms with Gasteiger partial charge in [-0.15, -0.1) is 0 Å². The average molecular weight is 446 g/mol. The van der Waals surface area contributed by atoms with E-state index < -0.39 is 23.5 Å². The van der Waals surface area contributed by atoms with E-state index >= 15 is 0 Å². The molecule has 4 rings (SSSR count). The van der Waals surface area contributed by atoms with Crippen molar-refractivity contribution in [3.05, 3.63) is 101 Å². The highest BCUT2D eigenvalue weighted by molar-refractivity contribution is 6.46. The second kappa shape index (κ2) is 9.24. The number of nitrogens with zero attached hydrogens (tertiary/aromatic N) is 2. The normalized spacial score (nSPS) is 17.6.